The average Bonchev–Trinajstić information content (AvgIpc) is 2.64. The molecule has 1 aliphatic rings. The Hall–Kier alpha value is -3.28. The van der Waals surface area contributed by atoms with Crippen LogP contribution in [-0.2, 0) is 0 Å². The molecule has 2 N–H and O–H groups in total. The summed E-state index contributed by atoms with van der Waals surface area (Å²) in [5.41, 5.74) is 0.951. The van der Waals surface area contributed by atoms with Gasteiger partial charge in [-0.2, -0.15) is 0 Å². The summed E-state index contributed by atoms with van der Waals surface area (Å²) in [4.78, 5) is 0. The van der Waals surface area contributed by atoms with Crippen molar-refractivity contribution in [3.05, 3.63) is 93.0 Å². The highest BCUT2D eigenvalue weighted by molar-refractivity contribution is 6.31. The van der Waals surface area contributed by atoms with Crippen molar-refractivity contribution in [3.63, 3.8) is 0 Å². The van der Waals surface area contributed by atoms with Crippen LogP contribution < -0.4 is 0 Å². The lowest BCUT2D eigenvalue weighted by Crippen LogP contribution is -2.24. The highest BCUT2D eigenvalue weighted by Crippen LogP contribution is 2.40. The topological polar surface area (TPSA) is 47.7 Å². The van der Waals surface area contributed by atoms with Crippen LogP contribution in [-0.4, -0.2) is 11.4 Å². The number of hydrogen-bond acceptors (Lipinski definition) is 2. The lowest BCUT2D eigenvalue weighted by Gasteiger charge is -2.26. The minimum Gasteiger partial charge on any atom is -0.300 e. The normalized spacial score (nSPS) is 12.8. The van der Waals surface area contributed by atoms with E-state index in [4.69, 9.17) is 10.8 Å². The van der Waals surface area contributed by atoms with E-state index in [9.17, 15) is 17.6 Å². The zero-order valence-corrected chi connectivity index (χ0v) is 15.0. The molecule has 0 saturated carbocycles. The van der Waals surface area contributed by atoms with Crippen LogP contribution in [0, 0.1) is 47.9 Å². The highest BCUT2D eigenvalue weighted by atomic mass is 19.2. The van der Waals surface area contributed by atoms with Gasteiger partial charge in [0.2, 0.25) is 0 Å². The van der Waals surface area contributed by atoms with Gasteiger partial charge in [-0.25, -0.2) is 17.6 Å². The van der Waals surface area contributed by atoms with Crippen LogP contribution in [0.4, 0.5) is 17.6 Å². The van der Waals surface area contributed by atoms with Crippen LogP contribution in [0.25, 0.3) is 11.1 Å². The molecule has 0 heterocycles. The van der Waals surface area contributed by atoms with E-state index in [-0.39, 0.29) is 39.2 Å². The quantitative estimate of drug-likeness (QED) is 0.399. The zero-order valence-electron chi connectivity index (χ0n) is 15.0. The first kappa shape index (κ1) is 18.1. The van der Waals surface area contributed by atoms with E-state index in [1.807, 2.05) is 0 Å². The fourth-order valence-corrected chi connectivity index (χ4v) is 3.77. The summed E-state index contributed by atoms with van der Waals surface area (Å²) in [5.74, 6) is -4.65. The van der Waals surface area contributed by atoms with Crippen molar-refractivity contribution in [1.82, 2.24) is 0 Å². The number of halogens is 4. The van der Waals surface area contributed by atoms with Crippen molar-refractivity contribution >= 4 is 11.4 Å². The summed E-state index contributed by atoms with van der Waals surface area (Å²) in [6.07, 6.45) is 0. The van der Waals surface area contributed by atoms with E-state index in [1.54, 1.807) is 32.0 Å². The largest absolute Gasteiger partial charge is 0.300 e. The van der Waals surface area contributed by atoms with Gasteiger partial charge in [0, 0.05) is 27.8 Å². The SMILES string of the molecule is Cc1cccc(C)c1-c1c(F)c(F)cc2c1C(=N)c1cc(F)c(F)cc1C2=N. The standard InChI is InChI=1S/C22H14F4N2/c1-9-4-3-5-10(2)17(9)19-18-13(8-16(25)20(19)26)21(27)11-6-14(23)15(24)7-12(11)22(18)28/h3-8,27-28H,1-2H3. The number of nitrogens with one attached hydrogen (secondary N) is 2. The van der Waals surface area contributed by atoms with Gasteiger partial charge < -0.3 is 0 Å². The van der Waals surface area contributed by atoms with Gasteiger partial charge in [-0.05, 0) is 48.7 Å². The number of rotatable bonds is 1. The Bertz CT molecular complexity index is 1190. The van der Waals surface area contributed by atoms with Gasteiger partial charge >= 0.3 is 0 Å². The second kappa shape index (κ2) is 6.12. The van der Waals surface area contributed by atoms with Crippen LogP contribution in [0.5, 0.6) is 0 Å². The third kappa shape index (κ3) is 2.41. The summed E-state index contributed by atoms with van der Waals surface area (Å²) >= 11 is 0. The van der Waals surface area contributed by atoms with Crippen molar-refractivity contribution in [2.75, 3.05) is 0 Å². The van der Waals surface area contributed by atoms with Crippen LogP contribution in [0.15, 0.2) is 36.4 Å². The van der Waals surface area contributed by atoms with E-state index in [0.29, 0.717) is 16.7 Å². The Kier molecular flexibility index (Phi) is 3.96. The van der Waals surface area contributed by atoms with Gasteiger partial charge in [0.25, 0.3) is 0 Å². The van der Waals surface area contributed by atoms with Crippen molar-refractivity contribution in [3.8, 4) is 11.1 Å². The second-order valence-electron chi connectivity index (χ2n) is 6.80. The van der Waals surface area contributed by atoms with Gasteiger partial charge in [-0.15, -0.1) is 0 Å². The molecule has 4 rings (SSSR count). The Morgan fingerprint density at radius 3 is 1.68 bits per heavy atom. The van der Waals surface area contributed by atoms with Gasteiger partial charge in [0.1, 0.15) is 0 Å². The Balaban J connectivity index is 2.14. The monoisotopic (exact) mass is 382 g/mol. The number of aryl methyl sites for hydroxylation is 2. The van der Waals surface area contributed by atoms with Crippen LogP contribution in [0.3, 0.4) is 0 Å². The maximum atomic E-state index is 15.0. The molecule has 0 radical (unpaired) electrons. The summed E-state index contributed by atoms with van der Waals surface area (Å²) in [6.45, 7) is 3.47. The van der Waals surface area contributed by atoms with E-state index >= 15 is 0 Å². The molecule has 0 aliphatic heterocycles. The lowest BCUT2D eigenvalue weighted by molar-refractivity contribution is 0.507. The fourth-order valence-electron chi connectivity index (χ4n) is 3.77. The summed E-state index contributed by atoms with van der Waals surface area (Å²) in [6, 6.07) is 7.71. The molecular weight excluding hydrogens is 368 g/mol. The molecule has 0 bridgehead atoms. The van der Waals surface area contributed by atoms with Gasteiger partial charge in [-0.1, -0.05) is 18.2 Å². The highest BCUT2D eigenvalue weighted by Gasteiger charge is 2.33. The molecule has 0 atom stereocenters. The molecule has 140 valence electrons. The van der Waals surface area contributed by atoms with Gasteiger partial charge in [0.15, 0.2) is 23.3 Å². The van der Waals surface area contributed by atoms with Crippen LogP contribution in [0.1, 0.15) is 33.4 Å². The lowest BCUT2D eigenvalue weighted by atomic mass is 9.78. The molecule has 0 aromatic heterocycles. The Morgan fingerprint density at radius 1 is 0.607 bits per heavy atom. The zero-order chi connectivity index (χ0) is 20.3. The summed E-state index contributed by atoms with van der Waals surface area (Å²) in [5, 5.41) is 16.9. The third-order valence-corrected chi connectivity index (χ3v) is 5.07. The molecule has 0 fully saturated rings. The molecule has 28 heavy (non-hydrogen) atoms. The minimum atomic E-state index is -1.17. The predicted molar refractivity (Wildman–Crippen MR) is 99.5 cm³/mol. The maximum Gasteiger partial charge on any atom is 0.167 e. The second-order valence-corrected chi connectivity index (χ2v) is 6.80. The Morgan fingerprint density at radius 2 is 1.11 bits per heavy atom. The van der Waals surface area contributed by atoms with E-state index in [0.717, 1.165) is 18.2 Å². The van der Waals surface area contributed by atoms with E-state index < -0.39 is 23.3 Å². The molecule has 0 saturated heterocycles. The molecule has 6 heteroatoms. The van der Waals surface area contributed by atoms with E-state index in [2.05, 4.69) is 0 Å². The Labute approximate surface area is 158 Å². The third-order valence-electron chi connectivity index (χ3n) is 5.07. The molecule has 3 aromatic rings. The van der Waals surface area contributed by atoms with Crippen molar-refractivity contribution in [2.24, 2.45) is 0 Å². The average molecular weight is 382 g/mol. The van der Waals surface area contributed by atoms with Crippen molar-refractivity contribution in [2.45, 2.75) is 13.8 Å². The predicted octanol–water partition coefficient (Wildman–Crippen LogP) is 5.67. The molecule has 0 spiro atoms. The fraction of sp³-hybridized carbons (Fsp3) is 0.0909. The van der Waals surface area contributed by atoms with E-state index in [1.165, 1.54) is 0 Å². The minimum absolute atomic E-state index is 0.000178. The molecule has 2 nitrogen and oxygen atoms in total. The first-order valence-electron chi connectivity index (χ1n) is 8.48. The maximum absolute atomic E-state index is 15.0. The molecule has 1 aliphatic carbocycles. The number of hydrogen-bond donors (Lipinski definition) is 2. The van der Waals surface area contributed by atoms with Crippen LogP contribution in [0.2, 0.25) is 0 Å². The number of benzene rings is 3. The van der Waals surface area contributed by atoms with Crippen molar-refractivity contribution in [1.29, 1.82) is 10.8 Å². The molecule has 0 unspecified atom stereocenters. The molecular formula is C22H14F4N2. The first-order chi connectivity index (χ1) is 13.2. The van der Waals surface area contributed by atoms with Gasteiger partial charge in [0.05, 0.1) is 11.4 Å². The number of fused-ring (bicyclic) bond motifs is 2. The summed E-state index contributed by atoms with van der Waals surface area (Å²) < 4.78 is 56.9. The molecule has 3 aromatic carbocycles. The summed E-state index contributed by atoms with van der Waals surface area (Å²) in [7, 11) is 0. The molecule has 0 amide bonds. The van der Waals surface area contributed by atoms with Gasteiger partial charge in [-0.3, -0.25) is 10.8 Å². The smallest absolute Gasteiger partial charge is 0.167 e. The first-order valence-corrected chi connectivity index (χ1v) is 8.48. The van der Waals surface area contributed by atoms with Crippen molar-refractivity contribution < 1.29 is 17.6 Å². The van der Waals surface area contributed by atoms with Crippen LogP contribution >= 0.6 is 0 Å².